The number of likely N-dealkylation sites (tertiary alicyclic amines) is 1. The van der Waals surface area contributed by atoms with E-state index in [1.807, 2.05) is 11.8 Å². The van der Waals surface area contributed by atoms with E-state index in [-0.39, 0.29) is 41.4 Å². The molecule has 1 amide bonds. The van der Waals surface area contributed by atoms with E-state index in [0.717, 1.165) is 58.0 Å². The van der Waals surface area contributed by atoms with Gasteiger partial charge in [-0.2, -0.15) is 5.10 Å². The topological polar surface area (TPSA) is 75.4 Å². The molecule has 0 radical (unpaired) electrons. The van der Waals surface area contributed by atoms with Crippen LogP contribution in [0.25, 0.3) is 0 Å². The van der Waals surface area contributed by atoms with Gasteiger partial charge in [-0.05, 0) is 100 Å². The molecule has 192 valence electrons. The van der Waals surface area contributed by atoms with Gasteiger partial charge < -0.3 is 10.0 Å². The molecule has 5 aliphatic rings. The Labute approximate surface area is 207 Å². The molecule has 1 aromatic rings. The highest BCUT2D eigenvalue weighted by molar-refractivity contribution is 5.94. The molecular weight excluding hydrogens is 445 g/mol. The van der Waals surface area contributed by atoms with Crippen molar-refractivity contribution in [3.8, 4) is 0 Å². The number of halogens is 1. The van der Waals surface area contributed by atoms with Crippen molar-refractivity contribution < 1.29 is 19.1 Å². The lowest BCUT2D eigenvalue weighted by Gasteiger charge is -2.59. The van der Waals surface area contributed by atoms with Gasteiger partial charge in [0.25, 0.3) is 5.91 Å². The first-order valence-corrected chi connectivity index (χ1v) is 13.9. The van der Waals surface area contributed by atoms with Gasteiger partial charge in [-0.3, -0.25) is 14.3 Å². The van der Waals surface area contributed by atoms with Crippen LogP contribution in [-0.4, -0.2) is 55.8 Å². The van der Waals surface area contributed by atoms with E-state index >= 15 is 4.39 Å². The molecule has 1 aliphatic heterocycles. The summed E-state index contributed by atoms with van der Waals surface area (Å²) in [4.78, 5) is 27.8. The second kappa shape index (κ2) is 8.12. The van der Waals surface area contributed by atoms with Gasteiger partial charge in [0.15, 0.2) is 5.78 Å². The summed E-state index contributed by atoms with van der Waals surface area (Å²) >= 11 is 0. The maximum absolute atomic E-state index is 16.6. The molecule has 1 aromatic heterocycles. The van der Waals surface area contributed by atoms with Gasteiger partial charge in [0.2, 0.25) is 0 Å². The quantitative estimate of drug-likeness (QED) is 0.686. The zero-order valence-electron chi connectivity index (χ0n) is 21.2. The number of rotatable bonds is 4. The van der Waals surface area contributed by atoms with Crippen LogP contribution in [-0.2, 0) is 11.3 Å². The third kappa shape index (κ3) is 3.70. The second-order valence-electron chi connectivity index (χ2n) is 13.0. The number of ketones is 1. The summed E-state index contributed by atoms with van der Waals surface area (Å²) in [6, 6.07) is 0. The Kier molecular flexibility index (Phi) is 5.48. The van der Waals surface area contributed by atoms with Crippen molar-refractivity contribution in [3.63, 3.8) is 0 Å². The van der Waals surface area contributed by atoms with Gasteiger partial charge >= 0.3 is 0 Å². The molecule has 0 spiro atoms. The molecule has 0 unspecified atom stereocenters. The first-order chi connectivity index (χ1) is 16.6. The number of aliphatic hydroxyl groups is 1. The highest BCUT2D eigenvalue weighted by Gasteiger charge is 2.63. The van der Waals surface area contributed by atoms with Crippen LogP contribution in [0.3, 0.4) is 0 Å². The van der Waals surface area contributed by atoms with E-state index in [1.54, 1.807) is 17.1 Å². The minimum absolute atomic E-state index is 0.00106. The van der Waals surface area contributed by atoms with Crippen LogP contribution >= 0.6 is 0 Å². The fraction of sp³-hybridized carbons (Fsp3) is 0.821. The number of nitrogens with zero attached hydrogens (tertiary/aromatic N) is 3. The lowest BCUT2D eigenvalue weighted by Crippen LogP contribution is -2.58. The highest BCUT2D eigenvalue weighted by atomic mass is 19.1. The molecule has 2 heterocycles. The molecular formula is C28H40FN3O3. The molecule has 0 aromatic carbocycles. The van der Waals surface area contributed by atoms with E-state index in [9.17, 15) is 14.7 Å². The summed E-state index contributed by atoms with van der Waals surface area (Å²) < 4.78 is 18.2. The predicted octanol–water partition coefficient (Wildman–Crippen LogP) is 4.41. The first-order valence-electron chi connectivity index (χ1n) is 13.9. The molecule has 4 aliphatic carbocycles. The standard InChI is InChI=1S/C28H40FN3O3/c1-26(35)10-11-28(29)19(14-26)4-5-20-21-6-7-23(27(21,2)9-8-22(20)28)24(33)17-32-16-18(15-30-32)25(34)31-12-3-13-31/h15-16,19-23,35H,3-14,17H2,1-2H3/t19-,20-,21-,22-,23+,26+,27-,28+/m0/s1. The Hall–Kier alpha value is -1.76. The lowest BCUT2D eigenvalue weighted by molar-refractivity contribution is -0.166. The predicted molar refractivity (Wildman–Crippen MR) is 129 cm³/mol. The second-order valence-corrected chi connectivity index (χ2v) is 13.0. The number of carbonyl (C=O) groups is 2. The third-order valence-corrected chi connectivity index (χ3v) is 11.0. The van der Waals surface area contributed by atoms with E-state index in [1.165, 1.54) is 0 Å². The zero-order valence-corrected chi connectivity index (χ0v) is 21.2. The van der Waals surface area contributed by atoms with Crippen molar-refractivity contribution in [1.29, 1.82) is 0 Å². The summed E-state index contributed by atoms with van der Waals surface area (Å²) in [5, 5.41) is 14.9. The summed E-state index contributed by atoms with van der Waals surface area (Å²) in [6.45, 7) is 5.96. The normalized spacial score (nSPS) is 44.7. The molecule has 1 saturated heterocycles. The summed E-state index contributed by atoms with van der Waals surface area (Å²) in [6.07, 6.45) is 11.5. The number of aromatic nitrogens is 2. The Bertz CT molecular complexity index is 1020. The number of Topliss-reactive ketones (excluding diaryl/α,β-unsaturated/α-hetero) is 1. The Morgan fingerprint density at radius 1 is 1.09 bits per heavy atom. The summed E-state index contributed by atoms with van der Waals surface area (Å²) in [5.41, 5.74) is -1.40. The maximum Gasteiger partial charge on any atom is 0.257 e. The lowest BCUT2D eigenvalue weighted by atomic mass is 9.48. The van der Waals surface area contributed by atoms with E-state index in [2.05, 4.69) is 12.0 Å². The van der Waals surface area contributed by atoms with Crippen molar-refractivity contribution in [2.75, 3.05) is 13.1 Å². The SMILES string of the molecule is C[C@@]1(O)CC[C@@]2(F)[C@@H](CC[C@H]3[C@@H]4CC[C@H](C(=O)Cn5cc(C(=O)N6CCC6)cn5)[C@@]4(C)CC[C@@H]32)C1. The summed E-state index contributed by atoms with van der Waals surface area (Å²) in [7, 11) is 0. The van der Waals surface area contributed by atoms with Crippen LogP contribution in [0.1, 0.15) is 88.4 Å². The number of fused-ring (bicyclic) bond motifs is 5. The van der Waals surface area contributed by atoms with Gasteiger partial charge in [0.1, 0.15) is 5.67 Å². The van der Waals surface area contributed by atoms with Gasteiger partial charge in [-0.25, -0.2) is 4.39 Å². The molecule has 6 nitrogen and oxygen atoms in total. The van der Waals surface area contributed by atoms with E-state index < -0.39 is 11.3 Å². The molecule has 7 heteroatoms. The zero-order chi connectivity index (χ0) is 24.6. The maximum atomic E-state index is 16.6. The van der Waals surface area contributed by atoms with Crippen molar-refractivity contribution in [2.24, 2.45) is 35.0 Å². The fourth-order valence-corrected chi connectivity index (χ4v) is 9.04. The van der Waals surface area contributed by atoms with Gasteiger partial charge in [0.05, 0.1) is 23.9 Å². The Morgan fingerprint density at radius 2 is 1.89 bits per heavy atom. The number of carbonyl (C=O) groups excluding carboxylic acids is 2. The van der Waals surface area contributed by atoms with Crippen molar-refractivity contribution >= 4 is 11.7 Å². The van der Waals surface area contributed by atoms with Crippen molar-refractivity contribution in [1.82, 2.24) is 14.7 Å². The molecule has 6 rings (SSSR count). The van der Waals surface area contributed by atoms with Crippen LogP contribution < -0.4 is 0 Å². The molecule has 8 atom stereocenters. The van der Waals surface area contributed by atoms with Crippen molar-refractivity contribution in [2.45, 2.75) is 95.9 Å². The average molecular weight is 486 g/mol. The van der Waals surface area contributed by atoms with Crippen LogP contribution in [0.5, 0.6) is 0 Å². The minimum atomic E-state index is -1.15. The number of hydrogen-bond donors (Lipinski definition) is 1. The minimum Gasteiger partial charge on any atom is -0.390 e. The van der Waals surface area contributed by atoms with Gasteiger partial charge in [-0.1, -0.05) is 6.92 Å². The summed E-state index contributed by atoms with van der Waals surface area (Å²) in [5.74, 6) is 0.980. The molecule has 35 heavy (non-hydrogen) atoms. The third-order valence-electron chi connectivity index (χ3n) is 11.0. The number of alkyl halides is 1. The average Bonchev–Trinajstić information content (AvgIpc) is 3.37. The molecule has 0 bridgehead atoms. The van der Waals surface area contributed by atoms with Crippen LogP contribution in [0.4, 0.5) is 4.39 Å². The molecule has 4 saturated carbocycles. The smallest absolute Gasteiger partial charge is 0.257 e. The fourth-order valence-electron chi connectivity index (χ4n) is 9.04. The van der Waals surface area contributed by atoms with Gasteiger partial charge in [0, 0.05) is 25.2 Å². The largest absolute Gasteiger partial charge is 0.390 e. The van der Waals surface area contributed by atoms with E-state index in [4.69, 9.17) is 0 Å². The number of amides is 1. The number of hydrogen-bond acceptors (Lipinski definition) is 4. The van der Waals surface area contributed by atoms with Crippen LogP contribution in [0.2, 0.25) is 0 Å². The molecule has 5 fully saturated rings. The van der Waals surface area contributed by atoms with Crippen LogP contribution in [0.15, 0.2) is 12.4 Å². The monoisotopic (exact) mass is 485 g/mol. The van der Waals surface area contributed by atoms with Crippen LogP contribution in [0, 0.1) is 35.0 Å². The van der Waals surface area contributed by atoms with Gasteiger partial charge in [-0.15, -0.1) is 0 Å². The van der Waals surface area contributed by atoms with E-state index in [0.29, 0.717) is 36.7 Å². The van der Waals surface area contributed by atoms with Crippen molar-refractivity contribution in [3.05, 3.63) is 18.0 Å². The Morgan fingerprint density at radius 3 is 2.63 bits per heavy atom. The first kappa shape index (κ1) is 23.6. The molecule has 1 N–H and O–H groups in total. The highest BCUT2D eigenvalue weighted by Crippen LogP contribution is 2.66. The Balaban J connectivity index is 1.15.